The Balaban J connectivity index is 2.32. The highest BCUT2D eigenvalue weighted by Crippen LogP contribution is 2.05. The molecule has 1 heterocycles. The van der Waals surface area contributed by atoms with Gasteiger partial charge in [-0.25, -0.2) is 4.39 Å². The second kappa shape index (κ2) is 2.11. The Hall–Kier alpha value is -0.600. The van der Waals surface area contributed by atoms with Gasteiger partial charge in [-0.1, -0.05) is 0 Å². The Morgan fingerprint density at radius 3 is 2.88 bits per heavy atom. The van der Waals surface area contributed by atoms with Crippen molar-refractivity contribution >= 4 is 5.91 Å². The molecule has 1 saturated heterocycles. The summed E-state index contributed by atoms with van der Waals surface area (Å²) in [5, 5.41) is 2.49. The third-order valence-corrected chi connectivity index (χ3v) is 1.27. The van der Waals surface area contributed by atoms with Gasteiger partial charge in [0.2, 0.25) is 5.91 Å². The van der Waals surface area contributed by atoms with E-state index in [0.29, 0.717) is 12.8 Å². The molecule has 3 heteroatoms. The predicted octanol–water partition coefficient (Wildman–Crippen LogP) is 0.234. The molecule has 2 nitrogen and oxygen atoms in total. The first-order valence-electron chi connectivity index (χ1n) is 2.68. The summed E-state index contributed by atoms with van der Waals surface area (Å²) in [6.45, 7) is -0.425. The normalized spacial score (nSPS) is 28.1. The summed E-state index contributed by atoms with van der Waals surface area (Å²) in [6.07, 6.45) is 1.16. The molecule has 8 heavy (non-hydrogen) atoms. The standard InChI is InChI=1S/C5H8FNO/c6-3-4-1-2-5(8)7-4/h4H,1-3H2,(H,7,8)/t4-/m0/s1. The molecular weight excluding hydrogens is 109 g/mol. The van der Waals surface area contributed by atoms with Crippen LogP contribution in [0.25, 0.3) is 0 Å². The quantitative estimate of drug-likeness (QED) is 0.523. The highest BCUT2D eigenvalue weighted by atomic mass is 19.1. The van der Waals surface area contributed by atoms with Gasteiger partial charge in [0, 0.05) is 6.42 Å². The summed E-state index contributed by atoms with van der Waals surface area (Å²) >= 11 is 0. The smallest absolute Gasteiger partial charge is 0.220 e. The number of carbonyl (C=O) groups is 1. The molecule has 1 amide bonds. The Bertz CT molecular complexity index is 105. The SMILES string of the molecule is O=C1CC[C@@H](CF)N1. The maximum atomic E-state index is 11.7. The Morgan fingerprint density at radius 2 is 2.62 bits per heavy atom. The molecule has 0 aromatic carbocycles. The van der Waals surface area contributed by atoms with Crippen molar-refractivity contribution in [2.24, 2.45) is 0 Å². The third kappa shape index (κ3) is 0.967. The molecule has 1 fully saturated rings. The van der Waals surface area contributed by atoms with Crippen LogP contribution >= 0.6 is 0 Å². The summed E-state index contributed by atoms with van der Waals surface area (Å²) < 4.78 is 11.7. The van der Waals surface area contributed by atoms with E-state index in [9.17, 15) is 9.18 Å². The van der Waals surface area contributed by atoms with Gasteiger partial charge in [0.1, 0.15) is 6.67 Å². The van der Waals surface area contributed by atoms with E-state index in [1.807, 2.05) is 0 Å². The molecule has 46 valence electrons. The van der Waals surface area contributed by atoms with Crippen molar-refractivity contribution in [3.05, 3.63) is 0 Å². The summed E-state index contributed by atoms with van der Waals surface area (Å²) in [5.74, 6) is -0.0207. The van der Waals surface area contributed by atoms with E-state index >= 15 is 0 Å². The van der Waals surface area contributed by atoms with Gasteiger partial charge in [0.15, 0.2) is 0 Å². The monoisotopic (exact) mass is 117 g/mol. The number of hydrogen-bond acceptors (Lipinski definition) is 1. The Labute approximate surface area is 47.1 Å². The molecular formula is C5H8FNO. The Kier molecular flexibility index (Phi) is 1.46. The maximum Gasteiger partial charge on any atom is 0.220 e. The van der Waals surface area contributed by atoms with Crippen LogP contribution in [0.15, 0.2) is 0 Å². The molecule has 0 aromatic heterocycles. The molecule has 1 aliphatic rings. The van der Waals surface area contributed by atoms with E-state index in [4.69, 9.17) is 0 Å². The minimum absolute atomic E-state index is 0.0207. The third-order valence-electron chi connectivity index (χ3n) is 1.27. The summed E-state index contributed by atoms with van der Waals surface area (Å²) in [4.78, 5) is 10.3. The molecule has 1 aliphatic heterocycles. The minimum Gasteiger partial charge on any atom is -0.351 e. The average molecular weight is 117 g/mol. The summed E-state index contributed by atoms with van der Waals surface area (Å²) in [6, 6.07) is -0.192. The average Bonchev–Trinajstić information content (AvgIpc) is 2.14. The largest absolute Gasteiger partial charge is 0.351 e. The van der Waals surface area contributed by atoms with Crippen molar-refractivity contribution in [1.82, 2.24) is 5.32 Å². The highest BCUT2D eigenvalue weighted by Gasteiger charge is 2.19. The van der Waals surface area contributed by atoms with Crippen LogP contribution in [-0.2, 0) is 4.79 Å². The molecule has 1 N–H and O–H groups in total. The first-order chi connectivity index (χ1) is 3.83. The highest BCUT2D eigenvalue weighted by molar-refractivity contribution is 5.78. The fraction of sp³-hybridized carbons (Fsp3) is 0.800. The van der Waals surface area contributed by atoms with Crippen LogP contribution in [0.4, 0.5) is 4.39 Å². The van der Waals surface area contributed by atoms with Gasteiger partial charge >= 0.3 is 0 Å². The van der Waals surface area contributed by atoms with Crippen LogP contribution in [0, 0.1) is 0 Å². The van der Waals surface area contributed by atoms with Crippen molar-refractivity contribution in [2.75, 3.05) is 6.67 Å². The molecule has 1 atom stereocenters. The zero-order valence-electron chi connectivity index (χ0n) is 4.48. The van der Waals surface area contributed by atoms with Crippen molar-refractivity contribution in [3.8, 4) is 0 Å². The lowest BCUT2D eigenvalue weighted by atomic mass is 10.2. The zero-order valence-corrected chi connectivity index (χ0v) is 4.48. The second-order valence-corrected chi connectivity index (χ2v) is 1.96. The number of rotatable bonds is 1. The van der Waals surface area contributed by atoms with Gasteiger partial charge in [0.05, 0.1) is 6.04 Å². The van der Waals surface area contributed by atoms with E-state index in [-0.39, 0.29) is 11.9 Å². The summed E-state index contributed by atoms with van der Waals surface area (Å²) in [5.41, 5.74) is 0. The van der Waals surface area contributed by atoms with E-state index < -0.39 is 6.67 Å². The lowest BCUT2D eigenvalue weighted by Gasteiger charge is -1.99. The lowest BCUT2D eigenvalue weighted by molar-refractivity contribution is -0.119. The Morgan fingerprint density at radius 1 is 1.88 bits per heavy atom. The number of amides is 1. The predicted molar refractivity (Wildman–Crippen MR) is 27.1 cm³/mol. The second-order valence-electron chi connectivity index (χ2n) is 1.96. The molecule has 0 radical (unpaired) electrons. The summed E-state index contributed by atoms with van der Waals surface area (Å²) in [7, 11) is 0. The van der Waals surface area contributed by atoms with Crippen LogP contribution < -0.4 is 5.32 Å². The van der Waals surface area contributed by atoms with Crippen LogP contribution in [0.2, 0.25) is 0 Å². The van der Waals surface area contributed by atoms with E-state index in [0.717, 1.165) is 0 Å². The van der Waals surface area contributed by atoms with Crippen LogP contribution in [0.5, 0.6) is 0 Å². The molecule has 0 aliphatic carbocycles. The lowest BCUT2D eigenvalue weighted by Crippen LogP contribution is -2.26. The van der Waals surface area contributed by atoms with Gasteiger partial charge in [-0.15, -0.1) is 0 Å². The van der Waals surface area contributed by atoms with Gasteiger partial charge in [-0.2, -0.15) is 0 Å². The first-order valence-corrected chi connectivity index (χ1v) is 2.68. The minimum atomic E-state index is -0.425. The fourth-order valence-electron chi connectivity index (χ4n) is 0.793. The fourth-order valence-corrected chi connectivity index (χ4v) is 0.793. The van der Waals surface area contributed by atoms with E-state index in [2.05, 4.69) is 5.32 Å². The molecule has 1 rings (SSSR count). The molecule has 0 spiro atoms. The van der Waals surface area contributed by atoms with Crippen molar-refractivity contribution in [1.29, 1.82) is 0 Å². The number of alkyl halides is 1. The topological polar surface area (TPSA) is 29.1 Å². The van der Waals surface area contributed by atoms with Gasteiger partial charge in [-0.3, -0.25) is 4.79 Å². The van der Waals surface area contributed by atoms with Gasteiger partial charge in [-0.05, 0) is 6.42 Å². The van der Waals surface area contributed by atoms with Crippen LogP contribution in [0.3, 0.4) is 0 Å². The number of nitrogens with one attached hydrogen (secondary N) is 1. The van der Waals surface area contributed by atoms with Crippen molar-refractivity contribution < 1.29 is 9.18 Å². The zero-order chi connectivity index (χ0) is 5.98. The van der Waals surface area contributed by atoms with Gasteiger partial charge < -0.3 is 5.32 Å². The van der Waals surface area contributed by atoms with Crippen LogP contribution in [-0.4, -0.2) is 18.6 Å². The molecule has 0 bridgehead atoms. The molecule has 0 saturated carbocycles. The molecule has 0 aromatic rings. The van der Waals surface area contributed by atoms with E-state index in [1.54, 1.807) is 0 Å². The number of carbonyl (C=O) groups excluding carboxylic acids is 1. The van der Waals surface area contributed by atoms with Crippen LogP contribution in [0.1, 0.15) is 12.8 Å². The number of halogens is 1. The first kappa shape index (κ1) is 5.54. The van der Waals surface area contributed by atoms with Crippen molar-refractivity contribution in [3.63, 3.8) is 0 Å². The maximum absolute atomic E-state index is 11.7. The van der Waals surface area contributed by atoms with Crippen molar-refractivity contribution in [2.45, 2.75) is 18.9 Å². The van der Waals surface area contributed by atoms with E-state index in [1.165, 1.54) is 0 Å². The van der Waals surface area contributed by atoms with Gasteiger partial charge in [0.25, 0.3) is 0 Å². The number of hydrogen-bond donors (Lipinski definition) is 1. The molecule has 0 unspecified atom stereocenters.